The van der Waals surface area contributed by atoms with Gasteiger partial charge in [0.2, 0.25) is 11.8 Å². The van der Waals surface area contributed by atoms with Gasteiger partial charge in [-0.3, -0.25) is 14.3 Å². The predicted molar refractivity (Wildman–Crippen MR) is 125 cm³/mol. The van der Waals surface area contributed by atoms with Crippen molar-refractivity contribution in [1.29, 1.82) is 0 Å². The van der Waals surface area contributed by atoms with Crippen LogP contribution >= 0.6 is 0 Å². The van der Waals surface area contributed by atoms with E-state index in [2.05, 4.69) is 15.3 Å². The van der Waals surface area contributed by atoms with Gasteiger partial charge in [0.05, 0.1) is 25.3 Å². The number of ether oxygens (including phenoxy) is 3. The van der Waals surface area contributed by atoms with Crippen LogP contribution in [0.2, 0.25) is 0 Å². The fourth-order valence-electron chi connectivity index (χ4n) is 4.04. The number of amides is 2. The summed E-state index contributed by atoms with van der Waals surface area (Å²) in [6.07, 6.45) is 1.09. The molecule has 0 radical (unpaired) electrons. The van der Waals surface area contributed by atoms with Crippen molar-refractivity contribution < 1.29 is 33.1 Å². The van der Waals surface area contributed by atoms with Gasteiger partial charge < -0.3 is 29.6 Å². The molecule has 192 valence electrons. The Morgan fingerprint density at radius 3 is 2.92 bits per heavy atom. The number of hydrogen-bond donors (Lipinski definition) is 1. The number of pyridine rings is 1. The second-order valence-corrected chi connectivity index (χ2v) is 8.44. The van der Waals surface area contributed by atoms with Crippen molar-refractivity contribution in [1.82, 2.24) is 19.9 Å². The van der Waals surface area contributed by atoms with Crippen LogP contribution in [0.4, 0.5) is 20.7 Å². The minimum atomic E-state index is -0.622. The van der Waals surface area contributed by atoms with E-state index in [4.69, 9.17) is 14.2 Å². The fourth-order valence-corrected chi connectivity index (χ4v) is 4.04. The molecule has 0 bridgehead atoms. The maximum Gasteiger partial charge on any atom is 0.414 e. The summed E-state index contributed by atoms with van der Waals surface area (Å²) in [5, 5.41) is 13.5. The first-order chi connectivity index (χ1) is 17.8. The molecule has 1 N–H and O–H groups in total. The third kappa shape index (κ3) is 5.12. The lowest BCUT2D eigenvalue weighted by atomic mass is 10.1. The molecule has 1 saturated heterocycles. The molecule has 5 rings (SSSR count). The highest BCUT2D eigenvalue weighted by molar-refractivity contribution is 5.90. The molecule has 2 aromatic heterocycles. The normalized spacial score (nSPS) is 18.5. The Morgan fingerprint density at radius 1 is 1.32 bits per heavy atom. The van der Waals surface area contributed by atoms with Gasteiger partial charge in [-0.15, -0.1) is 0 Å². The lowest BCUT2D eigenvalue weighted by Gasteiger charge is -2.22. The molecule has 1 fully saturated rings. The smallest absolute Gasteiger partial charge is 0.414 e. The number of hydrogen-bond acceptors (Lipinski definition) is 9. The van der Waals surface area contributed by atoms with Crippen molar-refractivity contribution in [3.05, 3.63) is 58.7 Å². The Kier molecular flexibility index (Phi) is 6.29. The number of imidazole rings is 1. The highest BCUT2D eigenvalue weighted by Crippen LogP contribution is 2.31. The third-order valence-electron chi connectivity index (χ3n) is 5.76. The highest BCUT2D eigenvalue weighted by Gasteiger charge is 2.33. The first-order valence-corrected chi connectivity index (χ1v) is 11.3. The standard InChI is InChI=1S/C23H21FN6O7/c1-13(31)26-8-16-10-29(23(32)37-16)15-2-3-18(19(24)7-15)14-4-5-25-21(6-14)36-17-9-28-11-20(30(33)34)27-22(28)35-12-17/h2-7,11,16-17H,8-10,12H2,1H3,(H,26,31)/t16-,17-/m0/s1. The average Bonchev–Trinajstić information content (AvgIpc) is 3.46. The molecule has 37 heavy (non-hydrogen) atoms. The van der Waals surface area contributed by atoms with Crippen LogP contribution in [-0.4, -0.2) is 63.4 Å². The van der Waals surface area contributed by atoms with Crippen molar-refractivity contribution in [2.24, 2.45) is 0 Å². The molecule has 2 atom stereocenters. The Labute approximate surface area is 208 Å². The molecule has 2 aliphatic heterocycles. The number of carbonyl (C=O) groups is 2. The lowest BCUT2D eigenvalue weighted by Crippen LogP contribution is -2.34. The minimum Gasteiger partial charge on any atom is -0.469 e. The van der Waals surface area contributed by atoms with Crippen LogP contribution in [-0.2, 0) is 16.1 Å². The molecule has 2 amide bonds. The SMILES string of the molecule is CC(=O)NC[C@H]1CN(c2ccc(-c3ccnc(O[C@@H]4COc5nc([N+](=O)[O-])cn5C4)c3)c(F)c2)C(=O)O1. The summed E-state index contributed by atoms with van der Waals surface area (Å²) in [5.41, 5.74) is 1.09. The second kappa shape index (κ2) is 9.72. The van der Waals surface area contributed by atoms with Crippen molar-refractivity contribution in [3.8, 4) is 23.0 Å². The number of anilines is 1. The van der Waals surface area contributed by atoms with Gasteiger partial charge in [-0.1, -0.05) is 0 Å². The zero-order valence-corrected chi connectivity index (χ0v) is 19.5. The molecule has 0 unspecified atom stereocenters. The largest absolute Gasteiger partial charge is 0.469 e. The molecular formula is C23H21FN6O7. The number of nitro groups is 1. The van der Waals surface area contributed by atoms with Crippen LogP contribution in [0.1, 0.15) is 6.92 Å². The molecule has 14 heteroatoms. The van der Waals surface area contributed by atoms with E-state index < -0.39 is 29.0 Å². The van der Waals surface area contributed by atoms with Gasteiger partial charge in [0.1, 0.15) is 24.7 Å². The predicted octanol–water partition coefficient (Wildman–Crippen LogP) is 2.29. The van der Waals surface area contributed by atoms with E-state index in [9.17, 15) is 19.7 Å². The Hall–Kier alpha value is -4.75. The highest BCUT2D eigenvalue weighted by atomic mass is 19.1. The van der Waals surface area contributed by atoms with Crippen LogP contribution < -0.4 is 19.7 Å². The summed E-state index contributed by atoms with van der Waals surface area (Å²) >= 11 is 0. The van der Waals surface area contributed by atoms with Gasteiger partial charge in [-0.25, -0.2) is 14.2 Å². The summed E-state index contributed by atoms with van der Waals surface area (Å²) in [7, 11) is 0. The number of carbonyl (C=O) groups excluding carboxylic acids is 2. The van der Waals surface area contributed by atoms with E-state index in [-0.39, 0.29) is 55.4 Å². The minimum absolute atomic E-state index is 0.109. The zero-order valence-electron chi connectivity index (χ0n) is 19.5. The fraction of sp³-hybridized carbons (Fsp3) is 0.304. The van der Waals surface area contributed by atoms with Crippen LogP contribution in [0.5, 0.6) is 11.9 Å². The number of nitrogens with zero attached hydrogens (tertiary/aromatic N) is 5. The van der Waals surface area contributed by atoms with Crippen molar-refractivity contribution >= 4 is 23.5 Å². The first kappa shape index (κ1) is 24.0. The van der Waals surface area contributed by atoms with Gasteiger partial charge >= 0.3 is 17.9 Å². The molecule has 0 spiro atoms. The summed E-state index contributed by atoms with van der Waals surface area (Å²) in [4.78, 5) is 42.9. The summed E-state index contributed by atoms with van der Waals surface area (Å²) in [6.45, 7) is 2.09. The zero-order chi connectivity index (χ0) is 26.1. The molecule has 0 saturated carbocycles. The molecular weight excluding hydrogens is 491 g/mol. The van der Waals surface area contributed by atoms with Crippen LogP contribution in [0.15, 0.2) is 42.7 Å². The van der Waals surface area contributed by atoms with E-state index >= 15 is 4.39 Å². The monoisotopic (exact) mass is 512 g/mol. The molecule has 3 aromatic rings. The second-order valence-electron chi connectivity index (χ2n) is 8.44. The van der Waals surface area contributed by atoms with Gasteiger partial charge in [0, 0.05) is 29.7 Å². The number of aromatic nitrogens is 3. The number of halogens is 1. The van der Waals surface area contributed by atoms with E-state index in [0.717, 1.165) is 0 Å². The summed E-state index contributed by atoms with van der Waals surface area (Å²) in [6, 6.07) is 7.70. The van der Waals surface area contributed by atoms with Crippen LogP contribution in [0.25, 0.3) is 11.1 Å². The maximum absolute atomic E-state index is 15.1. The quantitative estimate of drug-likeness (QED) is 0.371. The van der Waals surface area contributed by atoms with E-state index in [1.54, 1.807) is 24.3 Å². The molecule has 1 aromatic carbocycles. The Morgan fingerprint density at radius 2 is 2.16 bits per heavy atom. The van der Waals surface area contributed by atoms with Gasteiger partial charge in [0.15, 0.2) is 6.10 Å². The average molecular weight is 512 g/mol. The molecule has 0 aliphatic carbocycles. The number of benzene rings is 1. The van der Waals surface area contributed by atoms with Crippen molar-refractivity contribution in [3.63, 3.8) is 0 Å². The van der Waals surface area contributed by atoms with Gasteiger partial charge in [-0.2, -0.15) is 0 Å². The van der Waals surface area contributed by atoms with Crippen LogP contribution in [0, 0.1) is 15.9 Å². The van der Waals surface area contributed by atoms with E-state index in [1.165, 1.54) is 34.9 Å². The third-order valence-corrected chi connectivity index (χ3v) is 5.76. The summed E-state index contributed by atoms with van der Waals surface area (Å²) < 4.78 is 33.2. The van der Waals surface area contributed by atoms with E-state index in [0.29, 0.717) is 11.3 Å². The van der Waals surface area contributed by atoms with Crippen molar-refractivity contribution in [2.45, 2.75) is 25.7 Å². The maximum atomic E-state index is 15.1. The molecule has 4 heterocycles. The number of rotatable bonds is 7. The molecule has 2 aliphatic rings. The number of cyclic esters (lactones) is 1. The van der Waals surface area contributed by atoms with Crippen molar-refractivity contribution in [2.75, 3.05) is 24.6 Å². The number of nitrogens with one attached hydrogen (secondary N) is 1. The Bertz CT molecular complexity index is 1380. The van der Waals surface area contributed by atoms with E-state index in [1.807, 2.05) is 0 Å². The van der Waals surface area contributed by atoms with Gasteiger partial charge in [0.25, 0.3) is 0 Å². The van der Waals surface area contributed by atoms with Gasteiger partial charge in [-0.05, 0) is 34.8 Å². The molecule has 13 nitrogen and oxygen atoms in total. The first-order valence-electron chi connectivity index (χ1n) is 11.3. The topological polar surface area (TPSA) is 151 Å². The Balaban J connectivity index is 1.27. The summed E-state index contributed by atoms with van der Waals surface area (Å²) in [5.74, 6) is -0.905. The number of fused-ring (bicyclic) bond motifs is 1. The lowest BCUT2D eigenvalue weighted by molar-refractivity contribution is -0.389. The van der Waals surface area contributed by atoms with Crippen LogP contribution in [0.3, 0.4) is 0 Å².